The van der Waals surface area contributed by atoms with E-state index in [0.29, 0.717) is 21.8 Å². The zero-order valence-electron chi connectivity index (χ0n) is 10.1. The van der Waals surface area contributed by atoms with E-state index >= 15 is 0 Å². The third kappa shape index (κ3) is 3.45. The minimum Gasteiger partial charge on any atom is -0.494 e. The molecule has 0 saturated heterocycles. The van der Waals surface area contributed by atoms with Crippen molar-refractivity contribution in [2.75, 3.05) is 19.0 Å². The van der Waals surface area contributed by atoms with E-state index in [0.717, 1.165) is 0 Å². The van der Waals surface area contributed by atoms with Crippen LogP contribution in [0.5, 0.6) is 5.75 Å². The molecule has 5 nitrogen and oxygen atoms in total. The van der Waals surface area contributed by atoms with Crippen molar-refractivity contribution in [3.63, 3.8) is 0 Å². The van der Waals surface area contributed by atoms with Crippen molar-refractivity contribution in [2.24, 2.45) is 0 Å². The second kappa shape index (κ2) is 6.03. The van der Waals surface area contributed by atoms with Gasteiger partial charge in [0.15, 0.2) is 5.76 Å². The zero-order valence-corrected chi connectivity index (χ0v) is 11.6. The van der Waals surface area contributed by atoms with Gasteiger partial charge in [-0.1, -0.05) is 5.16 Å². The largest absolute Gasteiger partial charge is 0.494 e. The van der Waals surface area contributed by atoms with Gasteiger partial charge in [0.05, 0.1) is 12.8 Å². The summed E-state index contributed by atoms with van der Waals surface area (Å²) < 4.78 is 23.5. The summed E-state index contributed by atoms with van der Waals surface area (Å²) in [4.78, 5) is 0. The summed E-state index contributed by atoms with van der Waals surface area (Å²) in [5.41, 5.74) is 0.585. The molecular weight excluding hydrogens is 319 g/mol. The molecule has 2 aromatic rings. The maximum atomic E-state index is 13.0. The molecule has 0 amide bonds. The molecular formula is C12H12BrFN2O3. The number of hydrogen-bond acceptors (Lipinski definition) is 5. The van der Waals surface area contributed by atoms with E-state index < -0.39 is 6.10 Å². The van der Waals surface area contributed by atoms with Gasteiger partial charge in [0.2, 0.25) is 0 Å². The molecule has 7 heteroatoms. The number of anilines is 1. The van der Waals surface area contributed by atoms with Gasteiger partial charge >= 0.3 is 0 Å². The van der Waals surface area contributed by atoms with Crippen LogP contribution in [0, 0.1) is 5.82 Å². The van der Waals surface area contributed by atoms with Crippen LogP contribution in [0.4, 0.5) is 10.1 Å². The first kappa shape index (κ1) is 13.8. The molecule has 0 aliphatic carbocycles. The molecule has 1 atom stereocenters. The highest BCUT2D eigenvalue weighted by Crippen LogP contribution is 2.26. The van der Waals surface area contributed by atoms with Crippen molar-refractivity contribution in [3.05, 3.63) is 40.4 Å². The van der Waals surface area contributed by atoms with Crippen molar-refractivity contribution in [1.29, 1.82) is 0 Å². The molecule has 1 aromatic heterocycles. The molecule has 2 rings (SSSR count). The van der Waals surface area contributed by atoms with Crippen LogP contribution >= 0.6 is 15.9 Å². The van der Waals surface area contributed by atoms with Gasteiger partial charge in [-0.05, 0) is 28.1 Å². The van der Waals surface area contributed by atoms with Gasteiger partial charge in [-0.2, -0.15) is 0 Å². The van der Waals surface area contributed by atoms with Gasteiger partial charge in [-0.15, -0.1) is 0 Å². The number of aromatic nitrogens is 1. The molecule has 1 aromatic carbocycles. The maximum absolute atomic E-state index is 13.0. The Morgan fingerprint density at radius 1 is 1.53 bits per heavy atom. The fourth-order valence-electron chi connectivity index (χ4n) is 1.54. The van der Waals surface area contributed by atoms with Crippen LogP contribution in [-0.4, -0.2) is 23.9 Å². The summed E-state index contributed by atoms with van der Waals surface area (Å²) in [5, 5.41) is 16.5. The normalized spacial score (nSPS) is 12.2. The Morgan fingerprint density at radius 2 is 2.32 bits per heavy atom. The Labute approximate surface area is 117 Å². The van der Waals surface area contributed by atoms with Crippen LogP contribution in [0.2, 0.25) is 0 Å². The van der Waals surface area contributed by atoms with Crippen LogP contribution in [-0.2, 0) is 0 Å². The Balaban J connectivity index is 2.02. The van der Waals surface area contributed by atoms with Crippen LogP contribution in [0.1, 0.15) is 11.9 Å². The second-order valence-corrected chi connectivity index (χ2v) is 4.61. The monoisotopic (exact) mass is 330 g/mol. The number of methoxy groups -OCH3 is 1. The average Bonchev–Trinajstić information content (AvgIpc) is 2.83. The molecule has 1 unspecified atom stereocenters. The summed E-state index contributed by atoms with van der Waals surface area (Å²) in [7, 11) is 1.45. The van der Waals surface area contributed by atoms with Crippen LogP contribution in [0.3, 0.4) is 0 Å². The van der Waals surface area contributed by atoms with Crippen molar-refractivity contribution in [2.45, 2.75) is 6.10 Å². The predicted molar refractivity (Wildman–Crippen MR) is 70.6 cm³/mol. The van der Waals surface area contributed by atoms with E-state index in [1.807, 2.05) is 0 Å². The van der Waals surface area contributed by atoms with Gasteiger partial charge in [0.25, 0.3) is 0 Å². The summed E-state index contributed by atoms with van der Waals surface area (Å²) in [6, 6.07) is 5.69. The Kier molecular flexibility index (Phi) is 4.39. The van der Waals surface area contributed by atoms with Crippen molar-refractivity contribution < 1.29 is 18.8 Å². The molecule has 0 spiro atoms. The molecule has 19 heavy (non-hydrogen) atoms. The van der Waals surface area contributed by atoms with Gasteiger partial charge in [-0.3, -0.25) is 0 Å². The number of halogens is 2. The summed E-state index contributed by atoms with van der Waals surface area (Å²) in [5.74, 6) is 0.313. The number of aliphatic hydroxyl groups excluding tert-OH is 1. The molecule has 2 N–H and O–H groups in total. The minimum absolute atomic E-state index is 0.184. The topological polar surface area (TPSA) is 67.5 Å². The average molecular weight is 331 g/mol. The van der Waals surface area contributed by atoms with Crippen molar-refractivity contribution in [3.8, 4) is 5.75 Å². The number of aliphatic hydroxyl groups is 1. The lowest BCUT2D eigenvalue weighted by molar-refractivity contribution is 0.151. The lowest BCUT2D eigenvalue weighted by Crippen LogP contribution is -2.12. The third-order valence-electron chi connectivity index (χ3n) is 2.48. The second-order valence-electron chi connectivity index (χ2n) is 3.79. The minimum atomic E-state index is -0.867. The van der Waals surface area contributed by atoms with E-state index in [-0.39, 0.29) is 12.4 Å². The maximum Gasteiger partial charge on any atom is 0.168 e. The number of rotatable bonds is 5. The molecule has 102 valence electrons. The number of nitrogens with zero attached hydrogens (tertiary/aromatic N) is 1. The Morgan fingerprint density at radius 3 is 2.95 bits per heavy atom. The fraction of sp³-hybridized carbons (Fsp3) is 0.250. The first-order valence-electron chi connectivity index (χ1n) is 5.47. The van der Waals surface area contributed by atoms with E-state index in [2.05, 4.69) is 26.4 Å². The number of nitrogens with one attached hydrogen (secondary N) is 1. The molecule has 1 heterocycles. The van der Waals surface area contributed by atoms with E-state index in [1.165, 1.54) is 25.3 Å². The Bertz CT molecular complexity index is 562. The summed E-state index contributed by atoms with van der Waals surface area (Å²) in [6.45, 7) is 0.184. The SMILES string of the molecule is COc1cc(F)ccc1NCC(O)c1cc(Br)no1. The quantitative estimate of drug-likeness (QED) is 0.882. The lowest BCUT2D eigenvalue weighted by Gasteiger charge is -2.13. The highest BCUT2D eigenvalue weighted by atomic mass is 79.9. The van der Waals surface area contributed by atoms with Crippen LogP contribution in [0.25, 0.3) is 0 Å². The van der Waals surface area contributed by atoms with Crippen LogP contribution < -0.4 is 10.1 Å². The first-order valence-corrected chi connectivity index (χ1v) is 6.27. The lowest BCUT2D eigenvalue weighted by atomic mass is 10.2. The zero-order chi connectivity index (χ0) is 13.8. The van der Waals surface area contributed by atoms with E-state index in [4.69, 9.17) is 9.26 Å². The van der Waals surface area contributed by atoms with Gasteiger partial charge in [0.1, 0.15) is 22.3 Å². The standard InChI is InChI=1S/C12H12BrFN2O3/c1-18-10-4-7(14)2-3-8(10)15-6-9(17)11-5-12(13)16-19-11/h2-5,9,15,17H,6H2,1H3. The molecule has 0 fully saturated rings. The third-order valence-corrected chi connectivity index (χ3v) is 2.85. The number of ether oxygens (including phenoxy) is 1. The van der Waals surface area contributed by atoms with E-state index in [9.17, 15) is 9.50 Å². The highest BCUT2D eigenvalue weighted by Gasteiger charge is 2.14. The molecule has 0 aliphatic heterocycles. The van der Waals surface area contributed by atoms with Crippen molar-refractivity contribution in [1.82, 2.24) is 5.16 Å². The van der Waals surface area contributed by atoms with Gasteiger partial charge < -0.3 is 19.7 Å². The van der Waals surface area contributed by atoms with Crippen molar-refractivity contribution >= 4 is 21.6 Å². The summed E-state index contributed by atoms with van der Waals surface area (Å²) in [6.07, 6.45) is -0.867. The molecule has 0 bridgehead atoms. The van der Waals surface area contributed by atoms with Gasteiger partial charge in [-0.25, -0.2) is 4.39 Å². The Hall–Kier alpha value is -1.60. The van der Waals surface area contributed by atoms with E-state index in [1.54, 1.807) is 6.07 Å². The molecule has 0 aliphatic rings. The highest BCUT2D eigenvalue weighted by molar-refractivity contribution is 9.10. The predicted octanol–water partition coefficient (Wildman–Crippen LogP) is 2.73. The van der Waals surface area contributed by atoms with Crippen LogP contribution in [0.15, 0.2) is 33.4 Å². The number of benzene rings is 1. The van der Waals surface area contributed by atoms with Gasteiger partial charge in [0, 0.05) is 18.7 Å². The fourth-order valence-corrected chi connectivity index (χ4v) is 1.84. The smallest absolute Gasteiger partial charge is 0.168 e. The first-order chi connectivity index (χ1) is 9.10. The summed E-state index contributed by atoms with van der Waals surface area (Å²) >= 11 is 3.13. The molecule has 0 radical (unpaired) electrons. The number of hydrogen-bond donors (Lipinski definition) is 2. The molecule has 0 saturated carbocycles.